The predicted molar refractivity (Wildman–Crippen MR) is 304 cm³/mol. The van der Waals surface area contributed by atoms with Crippen LogP contribution in [0.1, 0.15) is 48.6 Å². The molecule has 0 N–H and O–H groups in total. The van der Waals surface area contributed by atoms with Crippen molar-refractivity contribution in [1.29, 1.82) is 0 Å². The second-order valence-corrected chi connectivity index (χ2v) is 21.1. The molecule has 1 aromatic heterocycles. The van der Waals surface area contributed by atoms with Gasteiger partial charge in [0.15, 0.2) is 0 Å². The second-order valence-electron chi connectivity index (χ2n) is 20.0. The molecule has 1 aliphatic rings. The molecule has 11 aromatic carbocycles. The first-order valence-electron chi connectivity index (χ1n) is 24.7. The van der Waals surface area contributed by atoms with Crippen LogP contribution in [-0.4, -0.2) is 0 Å². The monoisotopic (exact) mass is 925 g/mol. The summed E-state index contributed by atoms with van der Waals surface area (Å²) in [6, 6.07) is 95.0. The van der Waals surface area contributed by atoms with E-state index in [1.807, 2.05) is 11.3 Å². The van der Waals surface area contributed by atoms with Crippen molar-refractivity contribution in [3.63, 3.8) is 0 Å². The maximum absolute atomic E-state index is 2.49. The summed E-state index contributed by atoms with van der Waals surface area (Å²) >= 11 is 1.88. The summed E-state index contributed by atoms with van der Waals surface area (Å²) in [6.07, 6.45) is 0. The molecule has 0 amide bonds. The Morgan fingerprint density at radius 2 is 0.930 bits per heavy atom. The summed E-state index contributed by atoms with van der Waals surface area (Å²) in [5, 5.41) is 5.05. The molecule has 0 spiro atoms. The summed E-state index contributed by atoms with van der Waals surface area (Å²) < 4.78 is 2.65. The topological polar surface area (TPSA) is 3.24 Å². The van der Waals surface area contributed by atoms with Crippen molar-refractivity contribution in [2.75, 3.05) is 4.90 Å². The Labute approximate surface area is 420 Å². The largest absolute Gasteiger partial charge is 0.310 e. The fourth-order valence-corrected chi connectivity index (χ4v) is 12.7. The molecule has 1 nitrogen and oxygen atoms in total. The first kappa shape index (κ1) is 42.8. The van der Waals surface area contributed by atoms with Crippen molar-refractivity contribution in [2.45, 2.75) is 31.6 Å². The van der Waals surface area contributed by atoms with Crippen molar-refractivity contribution < 1.29 is 0 Å². The lowest BCUT2D eigenvalue weighted by Crippen LogP contribution is -2.28. The Balaban J connectivity index is 1.01. The maximum Gasteiger partial charge on any atom is 0.0713 e. The zero-order valence-electron chi connectivity index (χ0n) is 40.1. The van der Waals surface area contributed by atoms with Gasteiger partial charge in [-0.05, 0) is 119 Å². The summed E-state index contributed by atoms with van der Waals surface area (Å²) in [7, 11) is 0. The van der Waals surface area contributed by atoms with Gasteiger partial charge in [0.05, 0.1) is 11.1 Å². The zero-order chi connectivity index (χ0) is 47.7. The lowest BCUT2D eigenvalue weighted by molar-refractivity contribution is 0.590. The van der Waals surface area contributed by atoms with Crippen LogP contribution < -0.4 is 4.90 Å². The highest BCUT2D eigenvalue weighted by Crippen LogP contribution is 2.57. The van der Waals surface area contributed by atoms with E-state index in [2.05, 4.69) is 280 Å². The molecule has 13 rings (SSSR count). The smallest absolute Gasteiger partial charge is 0.0713 e. The van der Waals surface area contributed by atoms with Crippen molar-refractivity contribution in [1.82, 2.24) is 0 Å². The quantitative estimate of drug-likeness (QED) is 0.147. The van der Waals surface area contributed by atoms with Crippen LogP contribution in [0.25, 0.3) is 75.5 Å². The maximum atomic E-state index is 2.49. The standard InChI is InChI=1S/C69H51NS/c1-68(2,3)51-38-33-46(34-39-51)47-35-40-54(41-36-47)70(55-42-43-63-61(45-55)58-23-12-14-27-62(58)69(63,52-18-6-4-7-19-52)53-20-8-5-9-21-53)64-44-37-48-17-10-11-22-56(48)66(64)50-31-29-49(30-32-50)57-25-16-26-60-59-24-13-15-28-65(59)71-67(57)60/h4-45H,1-3H3. The highest BCUT2D eigenvalue weighted by molar-refractivity contribution is 7.26. The molecule has 0 aliphatic heterocycles. The molecule has 0 radical (unpaired) electrons. The number of benzene rings is 11. The Hall–Kier alpha value is -8.30. The second kappa shape index (κ2) is 17.0. The fourth-order valence-electron chi connectivity index (χ4n) is 11.5. The van der Waals surface area contributed by atoms with Gasteiger partial charge in [0.2, 0.25) is 0 Å². The van der Waals surface area contributed by atoms with E-state index in [1.54, 1.807) is 0 Å². The predicted octanol–water partition coefficient (Wildman–Crippen LogP) is 19.3. The van der Waals surface area contributed by atoms with Crippen molar-refractivity contribution in [2.24, 2.45) is 0 Å². The average molecular weight is 926 g/mol. The van der Waals surface area contributed by atoms with E-state index >= 15 is 0 Å². The van der Waals surface area contributed by atoms with Crippen LogP contribution in [0, 0.1) is 0 Å². The number of rotatable bonds is 8. The number of hydrogen-bond acceptors (Lipinski definition) is 2. The van der Waals surface area contributed by atoms with Crippen molar-refractivity contribution in [3.8, 4) is 44.5 Å². The van der Waals surface area contributed by atoms with E-state index in [0.717, 1.165) is 17.1 Å². The Morgan fingerprint density at radius 1 is 0.380 bits per heavy atom. The van der Waals surface area contributed by atoms with E-state index in [1.165, 1.54) is 103 Å². The average Bonchev–Trinajstić information content (AvgIpc) is 3.96. The number of nitrogens with zero attached hydrogens (tertiary/aromatic N) is 1. The molecular formula is C69H51NS. The molecule has 1 heterocycles. The van der Waals surface area contributed by atoms with Crippen molar-refractivity contribution in [3.05, 3.63) is 283 Å². The molecule has 0 atom stereocenters. The van der Waals surface area contributed by atoms with E-state index in [-0.39, 0.29) is 5.41 Å². The van der Waals surface area contributed by atoms with Crippen LogP contribution in [0.3, 0.4) is 0 Å². The third-order valence-corrected chi connectivity index (χ3v) is 16.2. The highest BCUT2D eigenvalue weighted by atomic mass is 32.1. The first-order valence-corrected chi connectivity index (χ1v) is 25.6. The molecule has 0 saturated carbocycles. The van der Waals surface area contributed by atoms with Gasteiger partial charge in [0.25, 0.3) is 0 Å². The lowest BCUT2D eigenvalue weighted by Gasteiger charge is -2.34. The minimum Gasteiger partial charge on any atom is -0.310 e. The van der Waals surface area contributed by atoms with E-state index in [9.17, 15) is 0 Å². The first-order chi connectivity index (χ1) is 34.8. The molecule has 338 valence electrons. The minimum atomic E-state index is -0.488. The molecule has 71 heavy (non-hydrogen) atoms. The highest BCUT2D eigenvalue weighted by Gasteiger charge is 2.46. The van der Waals surface area contributed by atoms with Crippen LogP contribution in [0.15, 0.2) is 255 Å². The SMILES string of the molecule is CC(C)(C)c1ccc(-c2ccc(N(c3ccc4c(c3)-c3ccccc3C4(c3ccccc3)c3ccccc3)c3ccc4ccccc4c3-c3ccc(-c4cccc5c4sc4ccccc45)cc3)cc2)cc1. The Morgan fingerprint density at radius 3 is 1.65 bits per heavy atom. The van der Waals surface area contributed by atoms with Crippen LogP contribution in [-0.2, 0) is 10.8 Å². The van der Waals surface area contributed by atoms with Crippen LogP contribution in [0.5, 0.6) is 0 Å². The van der Waals surface area contributed by atoms with Crippen LogP contribution >= 0.6 is 11.3 Å². The Kier molecular flexibility index (Phi) is 10.2. The summed E-state index contributed by atoms with van der Waals surface area (Å²) in [6.45, 7) is 6.82. The molecule has 12 aromatic rings. The van der Waals surface area contributed by atoms with Crippen LogP contribution in [0.2, 0.25) is 0 Å². The van der Waals surface area contributed by atoms with Crippen LogP contribution in [0.4, 0.5) is 17.1 Å². The van der Waals surface area contributed by atoms with E-state index in [0.29, 0.717) is 0 Å². The number of anilines is 3. The molecule has 1 aliphatic carbocycles. The number of fused-ring (bicyclic) bond motifs is 7. The molecular weight excluding hydrogens is 875 g/mol. The normalized spacial score (nSPS) is 12.8. The minimum absolute atomic E-state index is 0.0895. The van der Waals surface area contributed by atoms with Gasteiger partial charge in [-0.3, -0.25) is 0 Å². The number of thiophene rings is 1. The Bertz CT molecular complexity index is 3890. The van der Waals surface area contributed by atoms with Gasteiger partial charge in [0, 0.05) is 37.1 Å². The number of hydrogen-bond donors (Lipinski definition) is 0. The van der Waals surface area contributed by atoms with Gasteiger partial charge < -0.3 is 4.90 Å². The van der Waals surface area contributed by atoms with Gasteiger partial charge in [-0.25, -0.2) is 0 Å². The summed E-state index contributed by atoms with van der Waals surface area (Å²) in [5.74, 6) is 0. The summed E-state index contributed by atoms with van der Waals surface area (Å²) in [4.78, 5) is 2.49. The third kappa shape index (κ3) is 7.04. The lowest BCUT2D eigenvalue weighted by atomic mass is 9.68. The van der Waals surface area contributed by atoms with Crippen molar-refractivity contribution >= 4 is 59.3 Å². The van der Waals surface area contributed by atoms with Gasteiger partial charge in [-0.1, -0.05) is 239 Å². The van der Waals surface area contributed by atoms with Gasteiger partial charge >= 0.3 is 0 Å². The van der Waals surface area contributed by atoms with Gasteiger partial charge in [0.1, 0.15) is 0 Å². The zero-order valence-corrected chi connectivity index (χ0v) is 40.9. The van der Waals surface area contributed by atoms with Gasteiger partial charge in [-0.15, -0.1) is 11.3 Å². The molecule has 0 fully saturated rings. The fraction of sp³-hybridized carbons (Fsp3) is 0.0725. The molecule has 0 saturated heterocycles. The summed E-state index contributed by atoms with van der Waals surface area (Å²) in [5.41, 5.74) is 19.1. The molecule has 2 heteroatoms. The molecule has 0 unspecified atom stereocenters. The van der Waals surface area contributed by atoms with E-state index in [4.69, 9.17) is 0 Å². The van der Waals surface area contributed by atoms with Gasteiger partial charge in [-0.2, -0.15) is 0 Å². The van der Waals surface area contributed by atoms with E-state index < -0.39 is 5.41 Å². The third-order valence-electron chi connectivity index (χ3n) is 14.9. The molecule has 0 bridgehead atoms.